The van der Waals surface area contributed by atoms with Crippen LogP contribution < -0.4 is 0 Å². The fourth-order valence-corrected chi connectivity index (χ4v) is 2.96. The second kappa shape index (κ2) is 6.56. The van der Waals surface area contributed by atoms with Crippen LogP contribution in [-0.4, -0.2) is 21.0 Å². The summed E-state index contributed by atoms with van der Waals surface area (Å²) in [6, 6.07) is 2.08. The Morgan fingerprint density at radius 1 is 1.37 bits per heavy atom. The first kappa shape index (κ1) is 16.2. The second-order valence-corrected chi connectivity index (χ2v) is 7.06. The quantitative estimate of drug-likeness (QED) is 0.854. The maximum Gasteiger partial charge on any atom is 0.0598 e. The summed E-state index contributed by atoms with van der Waals surface area (Å²) in [5, 5.41) is 14.7. The molecule has 1 rings (SSSR count). The molecule has 0 amide bonds. The highest BCUT2D eigenvalue weighted by molar-refractivity contribution is 5.10. The summed E-state index contributed by atoms with van der Waals surface area (Å²) in [5.74, 6) is 0.550. The zero-order chi connectivity index (χ0) is 14.6. The van der Waals surface area contributed by atoms with Crippen molar-refractivity contribution in [1.29, 1.82) is 0 Å². The van der Waals surface area contributed by atoms with Gasteiger partial charge in [0.25, 0.3) is 0 Å². The van der Waals surface area contributed by atoms with Crippen molar-refractivity contribution in [2.75, 3.05) is 0 Å². The van der Waals surface area contributed by atoms with Gasteiger partial charge in [0.15, 0.2) is 0 Å². The van der Waals surface area contributed by atoms with Gasteiger partial charge in [-0.05, 0) is 44.1 Å². The molecular formula is C16H30N2O. The van der Waals surface area contributed by atoms with Crippen LogP contribution in [0.4, 0.5) is 0 Å². The SMILES string of the molecule is CCn1nc(C)cc1CC(O)CC(C)CC(C)(C)C. The number of aromatic nitrogens is 2. The molecule has 0 aliphatic rings. The van der Waals surface area contributed by atoms with Gasteiger partial charge < -0.3 is 5.11 Å². The average molecular weight is 266 g/mol. The van der Waals surface area contributed by atoms with E-state index in [2.05, 4.69) is 45.8 Å². The molecule has 2 unspecified atom stereocenters. The molecule has 0 saturated heterocycles. The van der Waals surface area contributed by atoms with Crippen LogP contribution in [0.15, 0.2) is 6.07 Å². The molecule has 2 atom stereocenters. The van der Waals surface area contributed by atoms with Crippen LogP contribution in [-0.2, 0) is 13.0 Å². The molecule has 1 N–H and O–H groups in total. The van der Waals surface area contributed by atoms with E-state index in [0.717, 1.165) is 30.8 Å². The lowest BCUT2D eigenvalue weighted by Gasteiger charge is -2.24. The van der Waals surface area contributed by atoms with Crippen molar-refractivity contribution in [3.63, 3.8) is 0 Å². The summed E-state index contributed by atoms with van der Waals surface area (Å²) < 4.78 is 1.99. The topological polar surface area (TPSA) is 38.0 Å². The lowest BCUT2D eigenvalue weighted by molar-refractivity contribution is 0.130. The Hall–Kier alpha value is -0.830. The van der Waals surface area contributed by atoms with Gasteiger partial charge in [-0.15, -0.1) is 0 Å². The Morgan fingerprint density at radius 2 is 2.00 bits per heavy atom. The molecule has 0 fully saturated rings. The van der Waals surface area contributed by atoms with E-state index in [1.54, 1.807) is 0 Å². The molecule has 110 valence electrons. The minimum absolute atomic E-state index is 0.265. The molecule has 1 heterocycles. The van der Waals surface area contributed by atoms with E-state index in [1.165, 1.54) is 0 Å². The molecule has 0 aliphatic heterocycles. The van der Waals surface area contributed by atoms with E-state index in [-0.39, 0.29) is 6.10 Å². The Morgan fingerprint density at radius 3 is 2.53 bits per heavy atom. The maximum atomic E-state index is 10.3. The summed E-state index contributed by atoms with van der Waals surface area (Å²) in [6.45, 7) is 14.0. The van der Waals surface area contributed by atoms with E-state index < -0.39 is 0 Å². The normalized spacial score (nSPS) is 15.5. The minimum atomic E-state index is -0.265. The summed E-state index contributed by atoms with van der Waals surface area (Å²) in [7, 11) is 0. The molecule has 1 aromatic heterocycles. The number of hydrogen-bond acceptors (Lipinski definition) is 2. The molecule has 0 aromatic carbocycles. The van der Waals surface area contributed by atoms with Crippen molar-refractivity contribution in [3.8, 4) is 0 Å². The van der Waals surface area contributed by atoms with Gasteiger partial charge in [0.1, 0.15) is 0 Å². The van der Waals surface area contributed by atoms with Crippen LogP contribution in [0, 0.1) is 18.3 Å². The van der Waals surface area contributed by atoms with E-state index >= 15 is 0 Å². The van der Waals surface area contributed by atoms with Crippen molar-refractivity contribution < 1.29 is 5.11 Å². The molecule has 0 saturated carbocycles. The lowest BCUT2D eigenvalue weighted by atomic mass is 9.83. The van der Waals surface area contributed by atoms with Crippen LogP contribution in [0.3, 0.4) is 0 Å². The van der Waals surface area contributed by atoms with E-state index in [1.807, 2.05) is 11.6 Å². The van der Waals surface area contributed by atoms with Crippen molar-refractivity contribution in [3.05, 3.63) is 17.5 Å². The predicted molar refractivity (Wildman–Crippen MR) is 80.2 cm³/mol. The number of rotatable bonds is 6. The monoisotopic (exact) mass is 266 g/mol. The summed E-state index contributed by atoms with van der Waals surface area (Å²) >= 11 is 0. The van der Waals surface area contributed by atoms with Crippen LogP contribution >= 0.6 is 0 Å². The second-order valence-electron chi connectivity index (χ2n) is 7.06. The molecule has 3 nitrogen and oxygen atoms in total. The fraction of sp³-hybridized carbons (Fsp3) is 0.812. The lowest BCUT2D eigenvalue weighted by Crippen LogP contribution is -2.20. The first-order chi connectivity index (χ1) is 8.71. The largest absolute Gasteiger partial charge is 0.393 e. The third kappa shape index (κ3) is 5.77. The number of hydrogen-bond donors (Lipinski definition) is 1. The van der Waals surface area contributed by atoms with Gasteiger partial charge >= 0.3 is 0 Å². The van der Waals surface area contributed by atoms with Gasteiger partial charge in [0.2, 0.25) is 0 Å². The summed E-state index contributed by atoms with van der Waals surface area (Å²) in [6.07, 6.45) is 2.46. The first-order valence-corrected chi connectivity index (χ1v) is 7.42. The summed E-state index contributed by atoms with van der Waals surface area (Å²) in [4.78, 5) is 0. The van der Waals surface area contributed by atoms with Gasteiger partial charge in [-0.3, -0.25) is 4.68 Å². The third-order valence-corrected chi connectivity index (χ3v) is 3.37. The zero-order valence-corrected chi connectivity index (χ0v) is 13.4. The molecule has 0 spiro atoms. The van der Waals surface area contributed by atoms with Crippen molar-refractivity contribution in [2.24, 2.45) is 11.3 Å². The highest BCUT2D eigenvalue weighted by atomic mass is 16.3. The van der Waals surface area contributed by atoms with Gasteiger partial charge in [0.05, 0.1) is 11.8 Å². The van der Waals surface area contributed by atoms with Crippen molar-refractivity contribution in [1.82, 2.24) is 9.78 Å². The molecule has 1 aromatic rings. The predicted octanol–water partition coefficient (Wildman–Crippen LogP) is 3.58. The number of nitrogens with zero attached hydrogens (tertiary/aromatic N) is 2. The maximum absolute atomic E-state index is 10.3. The summed E-state index contributed by atoms with van der Waals surface area (Å²) in [5.41, 5.74) is 2.52. The minimum Gasteiger partial charge on any atom is -0.393 e. The van der Waals surface area contributed by atoms with E-state index in [9.17, 15) is 5.11 Å². The van der Waals surface area contributed by atoms with Crippen LogP contribution in [0.25, 0.3) is 0 Å². The Labute approximate surface area is 118 Å². The number of aliphatic hydroxyl groups excluding tert-OH is 1. The first-order valence-electron chi connectivity index (χ1n) is 7.42. The highest BCUT2D eigenvalue weighted by Crippen LogP contribution is 2.27. The zero-order valence-electron chi connectivity index (χ0n) is 13.4. The molecule has 0 aliphatic carbocycles. The molecule has 19 heavy (non-hydrogen) atoms. The van der Waals surface area contributed by atoms with E-state index in [0.29, 0.717) is 17.8 Å². The van der Waals surface area contributed by atoms with Crippen molar-refractivity contribution >= 4 is 0 Å². The van der Waals surface area contributed by atoms with Gasteiger partial charge in [-0.25, -0.2) is 0 Å². The number of aliphatic hydroxyl groups is 1. The Kier molecular flexibility index (Phi) is 5.60. The van der Waals surface area contributed by atoms with Gasteiger partial charge in [0, 0.05) is 18.7 Å². The Bertz CT molecular complexity index is 390. The average Bonchev–Trinajstić information content (AvgIpc) is 2.55. The molecule has 3 heteroatoms. The highest BCUT2D eigenvalue weighted by Gasteiger charge is 2.19. The van der Waals surface area contributed by atoms with Crippen LogP contribution in [0.2, 0.25) is 0 Å². The van der Waals surface area contributed by atoms with Crippen LogP contribution in [0.1, 0.15) is 58.8 Å². The van der Waals surface area contributed by atoms with Gasteiger partial charge in [-0.2, -0.15) is 5.10 Å². The van der Waals surface area contributed by atoms with Crippen molar-refractivity contribution in [2.45, 2.75) is 73.5 Å². The molecular weight excluding hydrogens is 236 g/mol. The molecule has 0 bridgehead atoms. The third-order valence-electron chi connectivity index (χ3n) is 3.37. The number of aryl methyl sites for hydroxylation is 2. The van der Waals surface area contributed by atoms with E-state index in [4.69, 9.17) is 0 Å². The molecule has 0 radical (unpaired) electrons. The van der Waals surface area contributed by atoms with Gasteiger partial charge in [-0.1, -0.05) is 27.7 Å². The fourth-order valence-electron chi connectivity index (χ4n) is 2.96. The smallest absolute Gasteiger partial charge is 0.0598 e. The van der Waals surface area contributed by atoms with Crippen LogP contribution in [0.5, 0.6) is 0 Å². The standard InChI is InChI=1S/C16H30N2O/c1-7-18-14(9-13(3)17-18)10-15(19)8-12(2)11-16(4,5)6/h9,12,15,19H,7-8,10-11H2,1-6H3. The Balaban J connectivity index is 2.52.